The van der Waals surface area contributed by atoms with Crippen LogP contribution in [-0.4, -0.2) is 52.3 Å². The van der Waals surface area contributed by atoms with Gasteiger partial charge in [0.15, 0.2) is 0 Å². The normalized spacial score (nSPS) is 22.8. The molecule has 2 heterocycles. The first-order valence-electron chi connectivity index (χ1n) is 6.66. The molecule has 0 spiro atoms. The zero-order valence-corrected chi connectivity index (χ0v) is 11.8. The summed E-state index contributed by atoms with van der Waals surface area (Å²) < 4.78 is 6.92. The van der Waals surface area contributed by atoms with Gasteiger partial charge in [0, 0.05) is 26.4 Å². The van der Waals surface area contributed by atoms with Crippen molar-refractivity contribution in [1.82, 2.24) is 9.47 Å². The average Bonchev–Trinajstić information content (AvgIpc) is 2.87. The van der Waals surface area contributed by atoms with Crippen molar-refractivity contribution in [3.8, 4) is 0 Å². The first-order valence-corrected chi connectivity index (χ1v) is 6.66. The van der Waals surface area contributed by atoms with Crippen molar-refractivity contribution in [2.24, 2.45) is 0 Å². The highest BCUT2D eigenvalue weighted by Gasteiger charge is 2.33. The molecule has 0 aromatic carbocycles. The molecule has 1 atom stereocenters. The smallest absolute Gasteiger partial charge is 0.352 e. The maximum absolute atomic E-state index is 12.3. The molecule has 1 aromatic rings. The fraction of sp³-hybridized carbons (Fsp3) is 0.571. The van der Waals surface area contributed by atoms with E-state index in [4.69, 9.17) is 9.84 Å². The number of carboxylic acids is 1. The van der Waals surface area contributed by atoms with Gasteiger partial charge in [-0.25, -0.2) is 4.79 Å². The third kappa shape index (κ3) is 3.01. The summed E-state index contributed by atoms with van der Waals surface area (Å²) in [5.41, 5.74) is -0.176. The van der Waals surface area contributed by atoms with Crippen molar-refractivity contribution < 1.29 is 19.4 Å². The molecule has 1 amide bonds. The van der Waals surface area contributed by atoms with E-state index in [0.29, 0.717) is 13.1 Å². The molecule has 6 nitrogen and oxygen atoms in total. The maximum atomic E-state index is 12.3. The summed E-state index contributed by atoms with van der Waals surface area (Å²) in [6.45, 7) is 3.28. The van der Waals surface area contributed by atoms with Gasteiger partial charge in [-0.05, 0) is 31.9 Å². The number of nitrogens with zero attached hydrogens (tertiary/aromatic N) is 2. The van der Waals surface area contributed by atoms with Gasteiger partial charge in [0.05, 0.1) is 5.60 Å². The Bertz CT molecular complexity index is 511. The molecule has 110 valence electrons. The molecule has 1 N–H and O–H groups in total. The van der Waals surface area contributed by atoms with Crippen LogP contribution >= 0.6 is 0 Å². The Balaban J connectivity index is 2.05. The van der Waals surface area contributed by atoms with Crippen LogP contribution in [0.25, 0.3) is 0 Å². The van der Waals surface area contributed by atoms with Crippen LogP contribution in [0.2, 0.25) is 0 Å². The lowest BCUT2D eigenvalue weighted by Gasteiger charge is -2.39. The van der Waals surface area contributed by atoms with Crippen LogP contribution in [0.5, 0.6) is 0 Å². The first kappa shape index (κ1) is 14.6. The number of likely N-dealkylation sites (tertiary alicyclic amines) is 1. The van der Waals surface area contributed by atoms with Crippen LogP contribution in [-0.2, 0) is 16.1 Å². The van der Waals surface area contributed by atoms with Gasteiger partial charge < -0.3 is 19.3 Å². The zero-order chi connectivity index (χ0) is 14.8. The van der Waals surface area contributed by atoms with Gasteiger partial charge in [-0.2, -0.15) is 0 Å². The Morgan fingerprint density at radius 3 is 2.90 bits per heavy atom. The monoisotopic (exact) mass is 280 g/mol. The molecule has 0 saturated carbocycles. The van der Waals surface area contributed by atoms with Crippen LogP contribution in [0, 0.1) is 0 Å². The van der Waals surface area contributed by atoms with Gasteiger partial charge in [0.25, 0.3) is 0 Å². The minimum atomic E-state index is -1.02. The Hall–Kier alpha value is -1.82. The fourth-order valence-electron chi connectivity index (χ4n) is 2.58. The van der Waals surface area contributed by atoms with E-state index in [-0.39, 0.29) is 23.7 Å². The Morgan fingerprint density at radius 1 is 1.50 bits per heavy atom. The van der Waals surface area contributed by atoms with Crippen molar-refractivity contribution >= 4 is 11.9 Å². The molecule has 6 heteroatoms. The van der Waals surface area contributed by atoms with Crippen molar-refractivity contribution in [3.05, 3.63) is 24.0 Å². The molecule has 1 aromatic heterocycles. The number of aromatic nitrogens is 1. The summed E-state index contributed by atoms with van der Waals surface area (Å²) in [6.07, 6.45) is 3.44. The van der Waals surface area contributed by atoms with Crippen LogP contribution in [0.4, 0.5) is 0 Å². The molecular weight excluding hydrogens is 260 g/mol. The van der Waals surface area contributed by atoms with Crippen LogP contribution in [0.1, 0.15) is 30.3 Å². The second-order valence-electron chi connectivity index (χ2n) is 5.40. The second kappa shape index (κ2) is 5.66. The number of hydrogen-bond donors (Lipinski definition) is 1. The van der Waals surface area contributed by atoms with Crippen molar-refractivity contribution in [2.75, 3.05) is 20.2 Å². The first-order chi connectivity index (χ1) is 9.45. The lowest BCUT2D eigenvalue weighted by molar-refractivity contribution is -0.139. The molecule has 1 aliphatic rings. The van der Waals surface area contributed by atoms with E-state index in [2.05, 4.69) is 0 Å². The standard InChI is InChI=1S/C14H20N2O4/c1-14(20-2)6-4-8-16(10-14)12(17)9-15-7-3-5-11(15)13(18)19/h3,5,7H,4,6,8-10H2,1-2H3,(H,18,19). The van der Waals surface area contributed by atoms with Crippen molar-refractivity contribution in [3.63, 3.8) is 0 Å². The number of methoxy groups -OCH3 is 1. The number of aromatic carboxylic acids is 1. The van der Waals surface area contributed by atoms with Gasteiger partial charge in [-0.15, -0.1) is 0 Å². The summed E-state index contributed by atoms with van der Waals surface area (Å²) >= 11 is 0. The van der Waals surface area contributed by atoms with Gasteiger partial charge in [0.1, 0.15) is 12.2 Å². The summed E-state index contributed by atoms with van der Waals surface area (Å²) in [6, 6.07) is 3.12. The average molecular weight is 280 g/mol. The minimum absolute atomic E-state index is 0.0500. The number of amides is 1. The highest BCUT2D eigenvalue weighted by Crippen LogP contribution is 2.24. The topological polar surface area (TPSA) is 71.8 Å². The molecule has 0 radical (unpaired) electrons. The fourth-order valence-corrected chi connectivity index (χ4v) is 2.58. The number of carboxylic acid groups (broad SMARTS) is 1. The number of piperidine rings is 1. The third-order valence-electron chi connectivity index (χ3n) is 3.86. The Labute approximate surface area is 117 Å². The zero-order valence-electron chi connectivity index (χ0n) is 11.8. The second-order valence-corrected chi connectivity index (χ2v) is 5.40. The lowest BCUT2D eigenvalue weighted by atomic mass is 9.95. The predicted molar refractivity (Wildman–Crippen MR) is 72.6 cm³/mol. The van der Waals surface area contributed by atoms with Gasteiger partial charge in [-0.1, -0.05) is 0 Å². The SMILES string of the molecule is COC1(C)CCCN(C(=O)Cn2cccc2C(=O)O)C1. The number of hydrogen-bond acceptors (Lipinski definition) is 3. The minimum Gasteiger partial charge on any atom is -0.477 e. The quantitative estimate of drug-likeness (QED) is 0.900. The molecule has 0 aliphatic carbocycles. The van der Waals surface area contributed by atoms with E-state index in [9.17, 15) is 9.59 Å². The highest BCUT2D eigenvalue weighted by atomic mass is 16.5. The third-order valence-corrected chi connectivity index (χ3v) is 3.86. The van der Waals surface area contributed by atoms with E-state index < -0.39 is 5.97 Å². The molecular formula is C14H20N2O4. The number of carbonyl (C=O) groups is 2. The summed E-state index contributed by atoms with van der Waals surface area (Å²) in [5, 5.41) is 9.03. The molecule has 1 fully saturated rings. The maximum Gasteiger partial charge on any atom is 0.352 e. The van der Waals surface area contributed by atoms with Crippen LogP contribution in [0.15, 0.2) is 18.3 Å². The van der Waals surface area contributed by atoms with Gasteiger partial charge >= 0.3 is 5.97 Å². The molecule has 20 heavy (non-hydrogen) atoms. The molecule has 1 saturated heterocycles. The molecule has 1 aliphatic heterocycles. The van der Waals surface area contributed by atoms with E-state index in [0.717, 1.165) is 12.8 Å². The molecule has 1 unspecified atom stereocenters. The van der Waals surface area contributed by atoms with E-state index in [1.54, 1.807) is 24.3 Å². The largest absolute Gasteiger partial charge is 0.477 e. The van der Waals surface area contributed by atoms with Crippen molar-refractivity contribution in [1.29, 1.82) is 0 Å². The van der Waals surface area contributed by atoms with Gasteiger partial charge in [-0.3, -0.25) is 4.79 Å². The summed E-state index contributed by atoms with van der Waals surface area (Å²) in [5.74, 6) is -1.10. The lowest BCUT2D eigenvalue weighted by Crippen LogP contribution is -2.50. The van der Waals surface area contributed by atoms with Crippen molar-refractivity contribution in [2.45, 2.75) is 31.9 Å². The van der Waals surface area contributed by atoms with Crippen LogP contribution < -0.4 is 0 Å². The Kier molecular flexibility index (Phi) is 4.13. The molecule has 0 bridgehead atoms. The molecule has 2 rings (SSSR count). The number of rotatable bonds is 4. The van der Waals surface area contributed by atoms with E-state index in [1.165, 1.54) is 10.6 Å². The summed E-state index contributed by atoms with van der Waals surface area (Å²) in [4.78, 5) is 25.1. The Morgan fingerprint density at radius 2 is 2.25 bits per heavy atom. The summed E-state index contributed by atoms with van der Waals surface area (Å²) in [7, 11) is 1.66. The van der Waals surface area contributed by atoms with Crippen LogP contribution in [0.3, 0.4) is 0 Å². The number of carbonyl (C=O) groups excluding carboxylic acids is 1. The van der Waals surface area contributed by atoms with E-state index >= 15 is 0 Å². The number of ether oxygens (including phenoxy) is 1. The van der Waals surface area contributed by atoms with Gasteiger partial charge in [0.2, 0.25) is 5.91 Å². The highest BCUT2D eigenvalue weighted by molar-refractivity contribution is 5.87. The predicted octanol–water partition coefficient (Wildman–Crippen LogP) is 1.21. The van der Waals surface area contributed by atoms with E-state index in [1.807, 2.05) is 6.92 Å².